The Morgan fingerprint density at radius 2 is 2.17 bits per heavy atom. The minimum Gasteiger partial charge on any atom is -0.310 e. The van der Waals surface area contributed by atoms with Gasteiger partial charge in [0.2, 0.25) is 0 Å². The van der Waals surface area contributed by atoms with Crippen LogP contribution in [0.15, 0.2) is 0 Å². The van der Waals surface area contributed by atoms with Crippen LogP contribution in [-0.4, -0.2) is 5.71 Å². The van der Waals surface area contributed by atoms with Gasteiger partial charge in [0.05, 0.1) is 0 Å². The Labute approximate surface area is 37.9 Å². The van der Waals surface area contributed by atoms with E-state index in [2.05, 4.69) is 6.92 Å². The largest absolute Gasteiger partial charge is 0.310 e. The average Bonchev–Trinajstić information content (AvgIpc) is 1.33. The summed E-state index contributed by atoms with van der Waals surface area (Å²) in [6.07, 6.45) is 2.11. The Morgan fingerprint density at radius 1 is 1.67 bits per heavy atom. The quantitative estimate of drug-likeness (QED) is 0.458. The van der Waals surface area contributed by atoms with E-state index in [1.165, 1.54) is 0 Å². The van der Waals surface area contributed by atoms with Crippen LogP contribution in [-0.2, 0) is 0 Å². The van der Waals surface area contributed by atoms with E-state index >= 15 is 0 Å². The van der Waals surface area contributed by atoms with E-state index in [9.17, 15) is 0 Å². The van der Waals surface area contributed by atoms with Crippen LogP contribution < -0.4 is 0 Å². The molecule has 0 aromatic carbocycles. The van der Waals surface area contributed by atoms with Gasteiger partial charge in [0, 0.05) is 5.71 Å². The Hall–Kier alpha value is -0.330. The summed E-state index contributed by atoms with van der Waals surface area (Å²) in [5.41, 5.74) is 0.933. The van der Waals surface area contributed by atoms with Crippen LogP contribution in [0, 0.1) is 11.3 Å². The number of nitrogens with one attached hydrogen (secondary N) is 1. The lowest BCUT2D eigenvalue weighted by Crippen LogP contribution is -2.18. The lowest BCUT2D eigenvalue weighted by atomic mass is 9.85. The highest BCUT2D eigenvalue weighted by Crippen LogP contribution is 2.20. The van der Waals surface area contributed by atoms with Crippen molar-refractivity contribution < 1.29 is 0 Å². The summed E-state index contributed by atoms with van der Waals surface area (Å²) in [6, 6.07) is 0. The van der Waals surface area contributed by atoms with Gasteiger partial charge in [0.15, 0.2) is 0 Å². The monoisotopic (exact) mass is 83.1 g/mol. The number of rotatable bonds is 0. The van der Waals surface area contributed by atoms with Crippen molar-refractivity contribution in [3.8, 4) is 0 Å². The van der Waals surface area contributed by atoms with E-state index in [4.69, 9.17) is 5.41 Å². The molecule has 1 saturated carbocycles. The molecule has 1 fully saturated rings. The maximum atomic E-state index is 6.96. The first-order valence-electron chi connectivity index (χ1n) is 2.35. The molecule has 0 aliphatic heterocycles. The second-order valence-electron chi connectivity index (χ2n) is 2.12. The summed E-state index contributed by atoms with van der Waals surface area (Å²) in [7, 11) is 0. The van der Waals surface area contributed by atoms with Gasteiger partial charge in [-0.15, -0.1) is 0 Å². The highest BCUT2D eigenvalue weighted by atomic mass is 14.5. The van der Waals surface area contributed by atoms with Crippen molar-refractivity contribution in [3.63, 3.8) is 0 Å². The zero-order chi connectivity index (χ0) is 4.57. The molecule has 0 radical (unpaired) electrons. The minimum absolute atomic E-state index is 0.817. The third-order valence-electron chi connectivity index (χ3n) is 1.19. The van der Waals surface area contributed by atoms with Crippen molar-refractivity contribution in [1.29, 1.82) is 5.41 Å². The molecular formula is C5H9N. The molecule has 0 amide bonds. The molecule has 0 heterocycles. The first-order valence-corrected chi connectivity index (χ1v) is 2.35. The fourth-order valence-corrected chi connectivity index (χ4v) is 0.781. The third-order valence-corrected chi connectivity index (χ3v) is 1.19. The van der Waals surface area contributed by atoms with Crippen molar-refractivity contribution in [1.82, 2.24) is 0 Å². The molecule has 1 aliphatic rings. The van der Waals surface area contributed by atoms with Gasteiger partial charge < -0.3 is 5.41 Å². The van der Waals surface area contributed by atoms with Crippen molar-refractivity contribution >= 4 is 5.71 Å². The molecule has 1 nitrogen and oxygen atoms in total. The summed E-state index contributed by atoms with van der Waals surface area (Å²) >= 11 is 0. The summed E-state index contributed by atoms with van der Waals surface area (Å²) < 4.78 is 0. The molecule has 1 heteroatoms. The van der Waals surface area contributed by atoms with Crippen LogP contribution in [0.25, 0.3) is 0 Å². The van der Waals surface area contributed by atoms with Gasteiger partial charge >= 0.3 is 0 Å². The molecule has 1 rings (SSSR count). The molecule has 0 bridgehead atoms. The predicted octanol–water partition coefficient (Wildman–Crippen LogP) is 1.44. The van der Waals surface area contributed by atoms with Crippen LogP contribution in [0.3, 0.4) is 0 Å². The molecule has 0 atom stereocenters. The van der Waals surface area contributed by atoms with Gasteiger partial charge in [0.25, 0.3) is 0 Å². The summed E-state index contributed by atoms with van der Waals surface area (Å²) in [6.45, 7) is 2.18. The topological polar surface area (TPSA) is 23.9 Å². The van der Waals surface area contributed by atoms with Crippen LogP contribution in [0.5, 0.6) is 0 Å². The van der Waals surface area contributed by atoms with Gasteiger partial charge in [-0.2, -0.15) is 0 Å². The highest BCUT2D eigenvalue weighted by Gasteiger charge is 2.16. The van der Waals surface area contributed by atoms with E-state index in [-0.39, 0.29) is 0 Å². The Morgan fingerprint density at radius 3 is 2.17 bits per heavy atom. The highest BCUT2D eigenvalue weighted by molar-refractivity contribution is 5.86. The Bertz CT molecular complexity index is 68.0. The lowest BCUT2D eigenvalue weighted by Gasteiger charge is -2.21. The average molecular weight is 83.1 g/mol. The maximum absolute atomic E-state index is 6.96. The van der Waals surface area contributed by atoms with E-state index in [0.29, 0.717) is 0 Å². The van der Waals surface area contributed by atoms with Crippen LogP contribution >= 0.6 is 0 Å². The lowest BCUT2D eigenvalue weighted by molar-refractivity contribution is 0.551. The molecule has 0 aromatic heterocycles. The molecule has 0 unspecified atom stereocenters. The Balaban J connectivity index is 2.28. The van der Waals surface area contributed by atoms with Crippen molar-refractivity contribution in [2.45, 2.75) is 19.8 Å². The van der Waals surface area contributed by atoms with E-state index in [1.54, 1.807) is 0 Å². The van der Waals surface area contributed by atoms with Crippen molar-refractivity contribution in [2.75, 3.05) is 0 Å². The van der Waals surface area contributed by atoms with E-state index in [0.717, 1.165) is 24.5 Å². The van der Waals surface area contributed by atoms with Gasteiger partial charge in [0.1, 0.15) is 0 Å². The first-order chi connectivity index (χ1) is 2.79. The fourth-order valence-electron chi connectivity index (χ4n) is 0.781. The fraction of sp³-hybridized carbons (Fsp3) is 0.800. The van der Waals surface area contributed by atoms with E-state index in [1.807, 2.05) is 0 Å². The zero-order valence-electron chi connectivity index (χ0n) is 3.99. The van der Waals surface area contributed by atoms with Gasteiger partial charge in [-0.25, -0.2) is 0 Å². The molecular weight excluding hydrogens is 74.1 g/mol. The molecule has 6 heavy (non-hydrogen) atoms. The summed E-state index contributed by atoms with van der Waals surface area (Å²) in [5, 5.41) is 6.96. The molecule has 1 aliphatic carbocycles. The first kappa shape index (κ1) is 3.85. The third kappa shape index (κ3) is 0.445. The van der Waals surface area contributed by atoms with Gasteiger partial charge in [-0.3, -0.25) is 0 Å². The normalized spacial score (nSPS) is 32.8. The predicted molar refractivity (Wildman–Crippen MR) is 26.1 cm³/mol. The van der Waals surface area contributed by atoms with Gasteiger partial charge in [-0.05, 0) is 18.8 Å². The summed E-state index contributed by atoms with van der Waals surface area (Å²) in [4.78, 5) is 0. The SMILES string of the molecule is CC1CC(=N)C1. The number of hydrogen-bond acceptors (Lipinski definition) is 1. The molecule has 1 N–H and O–H groups in total. The van der Waals surface area contributed by atoms with Crippen molar-refractivity contribution in [3.05, 3.63) is 0 Å². The standard InChI is InChI=1S/C5H9N/c1-4-2-5(6)3-4/h4,6H,2-3H2,1H3. The van der Waals surface area contributed by atoms with Gasteiger partial charge in [-0.1, -0.05) is 6.92 Å². The van der Waals surface area contributed by atoms with Crippen LogP contribution in [0.2, 0.25) is 0 Å². The second-order valence-corrected chi connectivity index (χ2v) is 2.12. The number of hydrogen-bond donors (Lipinski definition) is 1. The molecule has 0 aromatic rings. The van der Waals surface area contributed by atoms with Crippen LogP contribution in [0.4, 0.5) is 0 Å². The van der Waals surface area contributed by atoms with Crippen molar-refractivity contribution in [2.24, 2.45) is 5.92 Å². The van der Waals surface area contributed by atoms with E-state index < -0.39 is 0 Å². The molecule has 34 valence electrons. The minimum atomic E-state index is 0.817. The molecule has 0 spiro atoms. The molecule has 0 saturated heterocycles. The zero-order valence-corrected chi connectivity index (χ0v) is 3.99. The Kier molecular flexibility index (Phi) is 0.685. The van der Waals surface area contributed by atoms with Crippen LogP contribution in [0.1, 0.15) is 19.8 Å². The second kappa shape index (κ2) is 1.07. The smallest absolute Gasteiger partial charge is 0.00947 e. The maximum Gasteiger partial charge on any atom is 0.00947 e. The summed E-state index contributed by atoms with van der Waals surface area (Å²) in [5.74, 6) is 0.817.